The lowest BCUT2D eigenvalue weighted by Crippen LogP contribution is -2.32. The molecule has 2 amide bonds. The molecule has 10 heteroatoms. The highest BCUT2D eigenvalue weighted by Crippen LogP contribution is 2.39. The Morgan fingerprint density at radius 2 is 2.23 bits per heavy atom. The molecule has 1 aromatic carbocycles. The predicted octanol–water partition coefficient (Wildman–Crippen LogP) is 2.47. The lowest BCUT2D eigenvalue weighted by molar-refractivity contribution is 0.0165. The summed E-state index contributed by atoms with van der Waals surface area (Å²) in [7, 11) is -0.799. The maximum atomic E-state index is 14.0. The van der Waals surface area contributed by atoms with Crippen LogP contribution in [0.25, 0.3) is 0 Å². The zero-order valence-electron chi connectivity index (χ0n) is 16.6. The van der Waals surface area contributed by atoms with Crippen LogP contribution in [0, 0.1) is 0 Å². The van der Waals surface area contributed by atoms with Gasteiger partial charge in [0.2, 0.25) is 5.88 Å². The fourth-order valence-electron chi connectivity index (χ4n) is 4.55. The highest BCUT2D eigenvalue weighted by Gasteiger charge is 2.29. The first-order chi connectivity index (χ1) is 14.5. The van der Waals surface area contributed by atoms with Gasteiger partial charge in [-0.05, 0) is 41.5 Å². The van der Waals surface area contributed by atoms with Crippen molar-refractivity contribution in [1.82, 2.24) is 9.78 Å². The van der Waals surface area contributed by atoms with E-state index in [0.717, 1.165) is 41.5 Å². The number of urea groups is 1. The van der Waals surface area contributed by atoms with Crippen LogP contribution in [-0.4, -0.2) is 46.0 Å². The van der Waals surface area contributed by atoms with E-state index >= 15 is 0 Å². The Balaban J connectivity index is 1.41. The van der Waals surface area contributed by atoms with Crippen LogP contribution in [0.15, 0.2) is 21.5 Å². The van der Waals surface area contributed by atoms with Crippen molar-refractivity contribution in [1.29, 1.82) is 0 Å². The molecule has 160 valence electrons. The molecule has 1 aliphatic heterocycles. The van der Waals surface area contributed by atoms with Crippen molar-refractivity contribution >= 4 is 22.3 Å². The van der Waals surface area contributed by atoms with Crippen molar-refractivity contribution in [3.05, 3.63) is 34.5 Å². The number of nitrogens with zero attached hydrogens (tertiary/aromatic N) is 3. The van der Waals surface area contributed by atoms with Crippen molar-refractivity contribution < 1.29 is 22.9 Å². The molecule has 5 rings (SSSR count). The van der Waals surface area contributed by atoms with Crippen LogP contribution in [0.5, 0.6) is 5.88 Å². The number of rotatable bonds is 3. The molecule has 3 aliphatic rings. The van der Waals surface area contributed by atoms with Gasteiger partial charge in [-0.25, -0.2) is 18.1 Å². The number of ether oxygens (including phenoxy) is 2. The molecular weight excluding hydrogens is 411 g/mol. The molecule has 1 N–H and O–H groups in total. The number of hydrogen-bond donors (Lipinski definition) is 2. The number of carbonyl (C=O) groups is 1. The van der Waals surface area contributed by atoms with Gasteiger partial charge in [0.1, 0.15) is 23.8 Å². The Bertz CT molecular complexity index is 1110. The highest BCUT2D eigenvalue weighted by atomic mass is 32.2. The van der Waals surface area contributed by atoms with Crippen molar-refractivity contribution in [2.75, 3.05) is 19.0 Å². The first-order valence-electron chi connectivity index (χ1n) is 10.1. The van der Waals surface area contributed by atoms with E-state index in [4.69, 9.17) is 9.47 Å². The second-order valence-corrected chi connectivity index (χ2v) is 9.10. The number of thiol groups is 1. The van der Waals surface area contributed by atoms with E-state index in [2.05, 4.69) is 20.8 Å². The predicted molar refractivity (Wildman–Crippen MR) is 109 cm³/mol. The normalized spacial score (nSPS) is 22.9. The summed E-state index contributed by atoms with van der Waals surface area (Å²) in [5, 5.41) is 6.97. The summed E-state index contributed by atoms with van der Waals surface area (Å²) in [4.78, 5) is 12.9. The fraction of sp³-hybridized carbons (Fsp3) is 0.500. The van der Waals surface area contributed by atoms with Gasteiger partial charge >= 0.3 is 6.03 Å². The zero-order chi connectivity index (χ0) is 20.8. The van der Waals surface area contributed by atoms with Crippen LogP contribution in [0.3, 0.4) is 0 Å². The molecule has 0 radical (unpaired) electrons. The van der Waals surface area contributed by atoms with E-state index in [1.54, 1.807) is 11.8 Å². The summed E-state index contributed by atoms with van der Waals surface area (Å²) in [6.07, 6.45) is 3.78. The van der Waals surface area contributed by atoms with Gasteiger partial charge in [0.15, 0.2) is 0 Å². The van der Waals surface area contributed by atoms with E-state index < -0.39 is 22.8 Å². The smallest absolute Gasteiger partial charge is 0.353 e. The van der Waals surface area contributed by atoms with Gasteiger partial charge < -0.3 is 14.8 Å². The largest absolute Gasteiger partial charge is 0.474 e. The molecule has 3 atom stereocenters. The summed E-state index contributed by atoms with van der Waals surface area (Å²) < 4.78 is 43.0. The Hall–Kier alpha value is -2.46. The molecule has 1 aromatic heterocycles. The first kappa shape index (κ1) is 19.5. The SMILES string of the molecule is CO[C@@H]1COc2c([SH](=O)=NC(=O)Nc3c4c(cc5c3C[C@@H](F)C5)CCC4)cnn2C1. The minimum absolute atomic E-state index is 0.134. The van der Waals surface area contributed by atoms with Gasteiger partial charge in [0.25, 0.3) is 0 Å². The first-order valence-corrected chi connectivity index (χ1v) is 11.3. The van der Waals surface area contributed by atoms with Gasteiger partial charge in [-0.1, -0.05) is 6.07 Å². The van der Waals surface area contributed by atoms with E-state index in [9.17, 15) is 13.4 Å². The average Bonchev–Trinajstić information content (AvgIpc) is 3.44. The monoisotopic (exact) mass is 434 g/mol. The topological polar surface area (TPSA) is 94.8 Å². The lowest BCUT2D eigenvalue weighted by atomic mass is 9.99. The Morgan fingerprint density at radius 3 is 3.07 bits per heavy atom. The third kappa shape index (κ3) is 3.37. The molecule has 0 saturated carbocycles. The maximum Gasteiger partial charge on any atom is 0.353 e. The number of hydrogen-bond acceptors (Lipinski definition) is 5. The van der Waals surface area contributed by atoms with Gasteiger partial charge in [-0.2, -0.15) is 5.10 Å². The Kier molecular flexibility index (Phi) is 4.98. The molecule has 0 fully saturated rings. The highest BCUT2D eigenvalue weighted by molar-refractivity contribution is 7.75. The number of carbonyl (C=O) groups excluding carboxylic acids is 1. The second-order valence-electron chi connectivity index (χ2n) is 7.87. The van der Waals surface area contributed by atoms with Crippen molar-refractivity contribution in [3.63, 3.8) is 0 Å². The molecule has 2 aliphatic carbocycles. The zero-order valence-corrected chi connectivity index (χ0v) is 17.5. The van der Waals surface area contributed by atoms with E-state index in [1.807, 2.05) is 0 Å². The van der Waals surface area contributed by atoms with Crippen molar-refractivity contribution in [2.45, 2.75) is 55.8 Å². The van der Waals surface area contributed by atoms with Crippen LogP contribution in [0.4, 0.5) is 14.9 Å². The third-order valence-electron chi connectivity index (χ3n) is 5.98. The number of aryl methyl sites for hydroxylation is 1. The molecular formula is C20H23FN4O4S. The van der Waals surface area contributed by atoms with Gasteiger partial charge in [0.05, 0.1) is 23.3 Å². The number of aromatic nitrogens is 2. The number of methoxy groups -OCH3 is 1. The Morgan fingerprint density at radius 1 is 1.37 bits per heavy atom. The summed E-state index contributed by atoms with van der Waals surface area (Å²) in [6.45, 7) is 0.797. The summed E-state index contributed by atoms with van der Waals surface area (Å²) in [6, 6.07) is 1.38. The van der Waals surface area contributed by atoms with E-state index in [-0.39, 0.29) is 17.4 Å². The fourth-order valence-corrected chi connectivity index (χ4v) is 5.37. The Labute approximate surface area is 175 Å². The number of halogens is 1. The lowest BCUT2D eigenvalue weighted by Gasteiger charge is -2.22. The standard InChI is InChI=1S/C20H23FN4O4S/c1-28-14-9-25-19(29-10-14)17(8-22-25)30(27)24-20(26)23-18-15-4-2-3-11(15)5-12-6-13(21)7-16(12)18/h5,8,13-14,30H,2-4,6-7,9-10H2,1H3,(H,23,26)/t13-,14-/m0/s1. The molecule has 8 nitrogen and oxygen atoms in total. The number of alkyl halides is 1. The molecule has 30 heavy (non-hydrogen) atoms. The summed E-state index contributed by atoms with van der Waals surface area (Å²) >= 11 is 0. The van der Waals surface area contributed by atoms with Gasteiger partial charge in [-0.3, -0.25) is 0 Å². The summed E-state index contributed by atoms with van der Waals surface area (Å²) in [5.74, 6) is 0.350. The van der Waals surface area contributed by atoms with Crippen LogP contribution in [-0.2, 0) is 47.6 Å². The van der Waals surface area contributed by atoms with E-state index in [0.29, 0.717) is 31.1 Å². The number of amides is 2. The van der Waals surface area contributed by atoms with Crippen molar-refractivity contribution in [3.8, 4) is 5.88 Å². The van der Waals surface area contributed by atoms with Crippen LogP contribution in [0.2, 0.25) is 0 Å². The minimum atomic E-state index is -2.39. The molecule has 0 spiro atoms. The van der Waals surface area contributed by atoms with Crippen LogP contribution < -0.4 is 10.1 Å². The molecule has 0 bridgehead atoms. The summed E-state index contributed by atoms with van der Waals surface area (Å²) in [5.41, 5.74) is 4.68. The second kappa shape index (κ2) is 7.66. The van der Waals surface area contributed by atoms with Crippen molar-refractivity contribution in [2.24, 2.45) is 4.36 Å². The van der Waals surface area contributed by atoms with Gasteiger partial charge in [-0.15, -0.1) is 4.36 Å². The molecule has 1 unspecified atom stereocenters. The number of nitrogens with one attached hydrogen (secondary N) is 1. The number of anilines is 1. The van der Waals surface area contributed by atoms with Gasteiger partial charge in [0, 0.05) is 25.6 Å². The minimum Gasteiger partial charge on any atom is -0.474 e. The molecule has 2 heterocycles. The quantitative estimate of drug-likeness (QED) is 0.724. The van der Waals surface area contributed by atoms with Crippen LogP contribution >= 0.6 is 0 Å². The number of benzene rings is 1. The molecule has 0 saturated heterocycles. The average molecular weight is 434 g/mol. The third-order valence-corrected chi connectivity index (χ3v) is 7.06. The molecule has 2 aromatic rings. The van der Waals surface area contributed by atoms with E-state index in [1.165, 1.54) is 6.20 Å². The van der Waals surface area contributed by atoms with Crippen LogP contribution in [0.1, 0.15) is 28.7 Å². The number of fused-ring (bicyclic) bond motifs is 3. The maximum absolute atomic E-state index is 14.0.